The maximum Gasteiger partial charge on any atom is 0.261 e. The van der Waals surface area contributed by atoms with Crippen LogP contribution in [0.3, 0.4) is 0 Å². The molecule has 0 aliphatic rings. The van der Waals surface area contributed by atoms with E-state index in [2.05, 4.69) is 21.0 Å². The van der Waals surface area contributed by atoms with Crippen molar-refractivity contribution >= 4 is 16.8 Å². The second kappa shape index (κ2) is 7.95. The number of hydrogen-bond acceptors (Lipinski definition) is 4. The van der Waals surface area contributed by atoms with Crippen molar-refractivity contribution in [2.75, 3.05) is 0 Å². The molecular weight excluding hydrogens is 364 g/mol. The zero-order valence-corrected chi connectivity index (χ0v) is 15.6. The van der Waals surface area contributed by atoms with Crippen LogP contribution < -0.4 is 5.56 Å². The van der Waals surface area contributed by atoms with Crippen molar-refractivity contribution in [3.8, 4) is 17.2 Å². The van der Waals surface area contributed by atoms with Gasteiger partial charge in [0.1, 0.15) is 11.5 Å². The van der Waals surface area contributed by atoms with Crippen molar-refractivity contribution in [2.45, 2.75) is 19.3 Å². The summed E-state index contributed by atoms with van der Waals surface area (Å²) in [5.74, 6) is 0.296. The zero-order valence-electron chi connectivity index (χ0n) is 15.6. The van der Waals surface area contributed by atoms with Crippen LogP contribution in [0.4, 0.5) is 0 Å². The van der Waals surface area contributed by atoms with Crippen LogP contribution in [0, 0.1) is 11.3 Å². The van der Waals surface area contributed by atoms with Gasteiger partial charge < -0.3 is 9.97 Å². The minimum absolute atomic E-state index is 0.201. The van der Waals surface area contributed by atoms with Crippen LogP contribution in [0.5, 0.6) is 0 Å². The highest BCUT2D eigenvalue weighted by atomic mass is 16.1. The number of nitrogens with zero attached hydrogens (tertiary/aromatic N) is 2. The number of aromatic amines is 2. The van der Waals surface area contributed by atoms with E-state index in [1.54, 1.807) is 24.3 Å². The van der Waals surface area contributed by atoms with Crippen LogP contribution in [-0.2, 0) is 6.42 Å². The summed E-state index contributed by atoms with van der Waals surface area (Å²) in [7, 11) is 0. The lowest BCUT2D eigenvalue weighted by Gasteiger charge is -2.05. The van der Waals surface area contributed by atoms with Crippen LogP contribution in [0.2, 0.25) is 0 Å². The molecule has 0 fully saturated rings. The van der Waals surface area contributed by atoms with E-state index in [1.165, 1.54) is 0 Å². The number of hydrogen-bond donors (Lipinski definition) is 2. The summed E-state index contributed by atoms with van der Waals surface area (Å²) in [6.07, 6.45) is 1.48. The predicted octanol–water partition coefficient (Wildman–Crippen LogP) is 4.00. The average Bonchev–Trinajstić information content (AvgIpc) is 3.15. The van der Waals surface area contributed by atoms with Gasteiger partial charge in [-0.05, 0) is 12.0 Å². The standard InChI is InChI=1S/C23H18N4O2/c24-14-8-7-13-17-25-22-19(23(29)26-17)18(15-9-3-1-4-10-15)20(27-22)21(28)16-11-5-2-6-12-16/h1-6,9-12H,7-8,13H2,(H2,25,26,27,29). The number of nitriles is 1. The molecule has 29 heavy (non-hydrogen) atoms. The zero-order chi connectivity index (χ0) is 20.2. The number of carbonyl (C=O) groups excluding carboxylic acids is 1. The number of aryl methyl sites for hydroxylation is 1. The Kier molecular flexibility index (Phi) is 5.04. The van der Waals surface area contributed by atoms with E-state index in [9.17, 15) is 9.59 Å². The van der Waals surface area contributed by atoms with Gasteiger partial charge in [0.2, 0.25) is 5.78 Å². The normalized spacial score (nSPS) is 10.7. The Bertz CT molecular complexity index is 1270. The molecule has 0 aliphatic heterocycles. The van der Waals surface area contributed by atoms with Gasteiger partial charge in [0, 0.05) is 24.0 Å². The third-order valence-corrected chi connectivity index (χ3v) is 4.74. The third kappa shape index (κ3) is 3.58. The van der Waals surface area contributed by atoms with Gasteiger partial charge in [0.05, 0.1) is 17.1 Å². The fourth-order valence-electron chi connectivity index (χ4n) is 3.40. The van der Waals surface area contributed by atoms with Gasteiger partial charge in [0.25, 0.3) is 5.56 Å². The molecular formula is C23H18N4O2. The highest BCUT2D eigenvalue weighted by Gasteiger charge is 2.23. The highest BCUT2D eigenvalue weighted by Crippen LogP contribution is 2.31. The molecule has 6 nitrogen and oxygen atoms in total. The summed E-state index contributed by atoms with van der Waals surface area (Å²) >= 11 is 0. The van der Waals surface area contributed by atoms with Crippen molar-refractivity contribution in [1.82, 2.24) is 15.0 Å². The van der Waals surface area contributed by atoms with Gasteiger partial charge in [0.15, 0.2) is 0 Å². The lowest BCUT2D eigenvalue weighted by Crippen LogP contribution is -2.12. The molecule has 2 aromatic carbocycles. The molecule has 2 heterocycles. The molecule has 0 bridgehead atoms. The Labute approximate surface area is 166 Å². The van der Waals surface area contributed by atoms with E-state index < -0.39 is 0 Å². The lowest BCUT2D eigenvalue weighted by molar-refractivity contribution is 0.103. The number of H-pyrrole nitrogens is 2. The average molecular weight is 382 g/mol. The first kappa shape index (κ1) is 18.4. The number of ketones is 1. The second-order valence-corrected chi connectivity index (χ2v) is 6.68. The molecule has 4 aromatic rings. The van der Waals surface area contributed by atoms with E-state index in [0.29, 0.717) is 52.9 Å². The molecule has 0 amide bonds. The molecule has 2 aromatic heterocycles. The number of rotatable bonds is 6. The SMILES string of the molecule is N#CCCCc1nc2[nH]c(C(=O)c3ccccc3)c(-c3ccccc3)c2c(=O)[nH]1. The van der Waals surface area contributed by atoms with E-state index in [0.717, 1.165) is 5.56 Å². The molecule has 6 heteroatoms. The molecule has 0 saturated carbocycles. The van der Waals surface area contributed by atoms with Crippen LogP contribution in [0.1, 0.15) is 34.7 Å². The van der Waals surface area contributed by atoms with Gasteiger partial charge in [-0.25, -0.2) is 4.98 Å². The summed E-state index contributed by atoms with van der Waals surface area (Å²) in [6.45, 7) is 0. The molecule has 0 spiro atoms. The predicted molar refractivity (Wildman–Crippen MR) is 111 cm³/mol. The molecule has 0 radical (unpaired) electrons. The summed E-state index contributed by atoms with van der Waals surface area (Å²) in [6, 6.07) is 20.4. The van der Waals surface area contributed by atoms with Crippen molar-refractivity contribution in [1.29, 1.82) is 5.26 Å². The van der Waals surface area contributed by atoms with E-state index in [1.807, 2.05) is 36.4 Å². The lowest BCUT2D eigenvalue weighted by atomic mass is 9.98. The number of carbonyl (C=O) groups is 1. The van der Waals surface area contributed by atoms with Crippen molar-refractivity contribution in [2.24, 2.45) is 0 Å². The topological polar surface area (TPSA) is 102 Å². The number of fused-ring (bicyclic) bond motifs is 1. The largest absolute Gasteiger partial charge is 0.336 e. The fourth-order valence-corrected chi connectivity index (χ4v) is 3.40. The van der Waals surface area contributed by atoms with Gasteiger partial charge >= 0.3 is 0 Å². The number of benzene rings is 2. The first-order valence-electron chi connectivity index (χ1n) is 9.36. The number of nitrogens with one attached hydrogen (secondary N) is 2. The molecule has 2 N–H and O–H groups in total. The molecule has 4 rings (SSSR count). The third-order valence-electron chi connectivity index (χ3n) is 4.74. The quantitative estimate of drug-likeness (QED) is 0.389. The van der Waals surface area contributed by atoms with Gasteiger partial charge in [-0.3, -0.25) is 9.59 Å². The number of aromatic nitrogens is 3. The van der Waals surface area contributed by atoms with Crippen molar-refractivity contribution in [3.05, 3.63) is 88.1 Å². The van der Waals surface area contributed by atoms with E-state index >= 15 is 0 Å². The Balaban J connectivity index is 1.92. The Hall–Kier alpha value is -3.98. The maximum absolute atomic E-state index is 13.2. The van der Waals surface area contributed by atoms with Crippen molar-refractivity contribution in [3.63, 3.8) is 0 Å². The minimum Gasteiger partial charge on any atom is -0.336 e. The van der Waals surface area contributed by atoms with Gasteiger partial charge in [-0.1, -0.05) is 60.7 Å². The highest BCUT2D eigenvalue weighted by molar-refractivity contribution is 6.16. The van der Waals surface area contributed by atoms with Crippen LogP contribution in [0.25, 0.3) is 22.2 Å². The van der Waals surface area contributed by atoms with Gasteiger partial charge in [-0.2, -0.15) is 5.26 Å². The summed E-state index contributed by atoms with van der Waals surface area (Å²) < 4.78 is 0. The maximum atomic E-state index is 13.2. The van der Waals surface area contributed by atoms with Crippen LogP contribution in [-0.4, -0.2) is 20.7 Å². The van der Waals surface area contributed by atoms with E-state index in [-0.39, 0.29) is 11.3 Å². The summed E-state index contributed by atoms with van der Waals surface area (Å²) in [5.41, 5.74) is 2.25. The van der Waals surface area contributed by atoms with Crippen molar-refractivity contribution < 1.29 is 4.79 Å². The molecule has 142 valence electrons. The fraction of sp³-hybridized carbons (Fsp3) is 0.130. The number of unbranched alkanes of at least 4 members (excludes halogenated alkanes) is 1. The first-order valence-corrected chi connectivity index (χ1v) is 9.36. The summed E-state index contributed by atoms with van der Waals surface area (Å²) in [5, 5.41) is 9.08. The Morgan fingerprint density at radius 3 is 2.38 bits per heavy atom. The molecule has 0 atom stereocenters. The summed E-state index contributed by atoms with van der Waals surface area (Å²) in [4.78, 5) is 36.5. The van der Waals surface area contributed by atoms with Crippen LogP contribution >= 0.6 is 0 Å². The molecule has 0 aliphatic carbocycles. The van der Waals surface area contributed by atoms with Crippen LogP contribution in [0.15, 0.2) is 65.5 Å². The van der Waals surface area contributed by atoms with Gasteiger partial charge in [-0.15, -0.1) is 0 Å². The monoisotopic (exact) mass is 382 g/mol. The van der Waals surface area contributed by atoms with E-state index in [4.69, 9.17) is 5.26 Å². The minimum atomic E-state index is -0.302. The first-order chi connectivity index (χ1) is 14.2. The Morgan fingerprint density at radius 2 is 1.69 bits per heavy atom. The Morgan fingerprint density at radius 1 is 1.00 bits per heavy atom. The molecule has 0 saturated heterocycles. The molecule has 0 unspecified atom stereocenters. The smallest absolute Gasteiger partial charge is 0.261 e. The second-order valence-electron chi connectivity index (χ2n) is 6.68.